The molecule has 0 aliphatic rings. The van der Waals surface area contributed by atoms with Crippen molar-refractivity contribution in [1.29, 1.82) is 0 Å². The summed E-state index contributed by atoms with van der Waals surface area (Å²) in [4.78, 5) is 12.3. The Morgan fingerprint density at radius 1 is 1.24 bits per heavy atom. The summed E-state index contributed by atoms with van der Waals surface area (Å²) in [5.74, 6) is -0.332. The van der Waals surface area contributed by atoms with E-state index in [2.05, 4.69) is 5.32 Å². The van der Waals surface area contributed by atoms with Crippen LogP contribution in [0.4, 0.5) is 24.5 Å². The van der Waals surface area contributed by atoms with Gasteiger partial charge in [0.15, 0.2) is 0 Å². The van der Waals surface area contributed by atoms with Gasteiger partial charge in [-0.05, 0) is 30.2 Å². The van der Waals surface area contributed by atoms with Crippen molar-refractivity contribution < 1.29 is 22.7 Å². The lowest BCUT2D eigenvalue weighted by atomic mass is 9.98. The van der Waals surface area contributed by atoms with Gasteiger partial charge in [0.25, 0.3) is 0 Å². The molecule has 0 heterocycles. The molecule has 0 radical (unpaired) electrons. The normalized spacial score (nSPS) is 12.5. The van der Waals surface area contributed by atoms with Crippen molar-refractivity contribution >= 4 is 17.3 Å². The lowest BCUT2D eigenvalue weighted by Gasteiger charge is -2.15. The molecule has 134 valence electrons. The molecular weight excluding hydrogens is 333 g/mol. The molecule has 0 aliphatic heterocycles. The molecule has 0 aliphatic carbocycles. The Balaban J connectivity index is 2.08. The van der Waals surface area contributed by atoms with Crippen LogP contribution in [0.2, 0.25) is 0 Å². The number of amides is 1. The first-order chi connectivity index (χ1) is 11.7. The van der Waals surface area contributed by atoms with Crippen LogP contribution < -0.4 is 15.8 Å². The number of rotatable bonds is 5. The molecular formula is C18H19F3N2O2. The maximum atomic E-state index is 12.8. The highest BCUT2D eigenvalue weighted by Crippen LogP contribution is 2.30. The predicted molar refractivity (Wildman–Crippen MR) is 90.3 cm³/mol. The van der Waals surface area contributed by atoms with Gasteiger partial charge in [0, 0.05) is 12.0 Å². The number of hydrogen-bond acceptors (Lipinski definition) is 3. The molecule has 1 unspecified atom stereocenters. The lowest BCUT2D eigenvalue weighted by molar-refractivity contribution is -0.137. The second-order valence-corrected chi connectivity index (χ2v) is 5.75. The van der Waals surface area contributed by atoms with Gasteiger partial charge in [-0.15, -0.1) is 0 Å². The Kier molecular flexibility index (Phi) is 5.56. The SMILES string of the molecule is COc1ccc(N)c(NC(=O)C(C)Cc2cccc(C(F)(F)F)c2)c1. The van der Waals surface area contributed by atoms with Crippen molar-refractivity contribution in [3.63, 3.8) is 0 Å². The molecule has 2 aromatic rings. The van der Waals surface area contributed by atoms with E-state index in [0.29, 0.717) is 22.7 Å². The minimum absolute atomic E-state index is 0.180. The van der Waals surface area contributed by atoms with Crippen molar-refractivity contribution in [2.45, 2.75) is 19.5 Å². The Labute approximate surface area is 143 Å². The van der Waals surface area contributed by atoms with Gasteiger partial charge in [0.2, 0.25) is 5.91 Å². The number of hydrogen-bond donors (Lipinski definition) is 2. The number of methoxy groups -OCH3 is 1. The van der Waals surface area contributed by atoms with Crippen molar-refractivity contribution in [1.82, 2.24) is 0 Å². The minimum atomic E-state index is -4.41. The first kappa shape index (κ1) is 18.6. The van der Waals surface area contributed by atoms with Crippen molar-refractivity contribution in [3.05, 3.63) is 53.6 Å². The van der Waals surface area contributed by atoms with E-state index in [4.69, 9.17) is 10.5 Å². The number of nitrogen functional groups attached to an aromatic ring is 1. The van der Waals surface area contributed by atoms with Crippen LogP contribution in [0.15, 0.2) is 42.5 Å². The number of carbonyl (C=O) groups excluding carboxylic acids is 1. The van der Waals surface area contributed by atoms with E-state index in [1.807, 2.05) is 0 Å². The van der Waals surface area contributed by atoms with Crippen LogP contribution in [-0.2, 0) is 17.4 Å². The smallest absolute Gasteiger partial charge is 0.416 e. The fraction of sp³-hybridized carbons (Fsp3) is 0.278. The summed E-state index contributed by atoms with van der Waals surface area (Å²) >= 11 is 0. The van der Waals surface area contributed by atoms with Crippen LogP contribution >= 0.6 is 0 Å². The maximum absolute atomic E-state index is 12.8. The number of alkyl halides is 3. The highest BCUT2D eigenvalue weighted by molar-refractivity contribution is 5.95. The van der Waals surface area contributed by atoms with Gasteiger partial charge >= 0.3 is 6.18 Å². The number of nitrogens with two attached hydrogens (primary N) is 1. The van der Waals surface area contributed by atoms with E-state index >= 15 is 0 Å². The molecule has 2 rings (SSSR count). The van der Waals surface area contributed by atoms with Gasteiger partial charge in [-0.25, -0.2) is 0 Å². The maximum Gasteiger partial charge on any atom is 0.416 e. The third-order valence-electron chi connectivity index (χ3n) is 3.76. The average molecular weight is 352 g/mol. The summed E-state index contributed by atoms with van der Waals surface area (Å²) in [6.45, 7) is 1.64. The van der Waals surface area contributed by atoms with E-state index < -0.39 is 17.7 Å². The van der Waals surface area contributed by atoms with Crippen LogP contribution in [0.5, 0.6) is 5.75 Å². The van der Waals surface area contributed by atoms with Crippen molar-refractivity contribution in [2.24, 2.45) is 5.92 Å². The average Bonchev–Trinajstić information content (AvgIpc) is 2.56. The van der Waals surface area contributed by atoms with E-state index in [1.54, 1.807) is 31.2 Å². The van der Waals surface area contributed by atoms with Crippen molar-refractivity contribution in [3.8, 4) is 5.75 Å². The first-order valence-electron chi connectivity index (χ1n) is 7.61. The van der Waals surface area contributed by atoms with Gasteiger partial charge < -0.3 is 15.8 Å². The second-order valence-electron chi connectivity index (χ2n) is 5.75. The topological polar surface area (TPSA) is 64.3 Å². The first-order valence-corrected chi connectivity index (χ1v) is 7.61. The van der Waals surface area contributed by atoms with Gasteiger partial charge in [-0.3, -0.25) is 4.79 Å². The largest absolute Gasteiger partial charge is 0.497 e. The molecule has 0 saturated heterocycles. The molecule has 1 atom stereocenters. The summed E-state index contributed by atoms with van der Waals surface area (Å²) in [5.41, 5.74) is 6.31. The molecule has 0 spiro atoms. The number of halogens is 3. The van der Waals surface area contributed by atoms with E-state index in [1.165, 1.54) is 13.2 Å². The van der Waals surface area contributed by atoms with E-state index in [-0.39, 0.29) is 12.3 Å². The van der Waals surface area contributed by atoms with Gasteiger partial charge in [-0.1, -0.05) is 25.1 Å². The quantitative estimate of drug-likeness (QED) is 0.796. The fourth-order valence-corrected chi connectivity index (χ4v) is 2.35. The third-order valence-corrected chi connectivity index (χ3v) is 3.76. The summed E-state index contributed by atoms with van der Waals surface area (Å²) in [5, 5.41) is 2.68. The summed E-state index contributed by atoms with van der Waals surface area (Å²) in [7, 11) is 1.49. The number of anilines is 2. The van der Waals surface area contributed by atoms with Crippen LogP contribution in [0.3, 0.4) is 0 Å². The van der Waals surface area contributed by atoms with Crippen molar-refractivity contribution in [2.75, 3.05) is 18.2 Å². The molecule has 0 aromatic heterocycles. The third kappa shape index (κ3) is 4.89. The Hall–Kier alpha value is -2.70. The Morgan fingerprint density at radius 3 is 2.60 bits per heavy atom. The summed E-state index contributed by atoms with van der Waals surface area (Å²) in [6, 6.07) is 9.82. The van der Waals surface area contributed by atoms with E-state index in [9.17, 15) is 18.0 Å². The molecule has 3 N–H and O–H groups in total. The highest BCUT2D eigenvalue weighted by Gasteiger charge is 2.30. The van der Waals surface area contributed by atoms with Gasteiger partial charge in [0.1, 0.15) is 5.75 Å². The molecule has 1 amide bonds. The van der Waals surface area contributed by atoms with E-state index in [0.717, 1.165) is 12.1 Å². The minimum Gasteiger partial charge on any atom is -0.497 e. The summed E-state index contributed by atoms with van der Waals surface area (Å²) in [6.07, 6.45) is -4.23. The predicted octanol–water partition coefficient (Wildman–Crippen LogP) is 4.11. The lowest BCUT2D eigenvalue weighted by Crippen LogP contribution is -2.23. The number of ether oxygens (including phenoxy) is 1. The summed E-state index contributed by atoms with van der Waals surface area (Å²) < 4.78 is 43.4. The molecule has 0 fully saturated rings. The van der Waals surface area contributed by atoms with Crippen LogP contribution in [0.25, 0.3) is 0 Å². The fourth-order valence-electron chi connectivity index (χ4n) is 2.35. The highest BCUT2D eigenvalue weighted by atomic mass is 19.4. The standard InChI is InChI=1S/C18H19F3N2O2/c1-11(8-12-4-3-5-13(9-12)18(19,20)21)17(24)23-16-10-14(25-2)6-7-15(16)22/h3-7,9-11H,8,22H2,1-2H3,(H,23,24). The van der Waals surface area contributed by atoms with Gasteiger partial charge in [-0.2, -0.15) is 13.2 Å². The van der Waals surface area contributed by atoms with Gasteiger partial charge in [0.05, 0.1) is 24.0 Å². The zero-order chi connectivity index (χ0) is 18.6. The zero-order valence-corrected chi connectivity index (χ0v) is 13.9. The number of nitrogens with one attached hydrogen (secondary N) is 1. The van der Waals surface area contributed by atoms with Crippen LogP contribution in [-0.4, -0.2) is 13.0 Å². The molecule has 2 aromatic carbocycles. The Bertz CT molecular complexity index is 760. The number of benzene rings is 2. The zero-order valence-electron chi connectivity index (χ0n) is 13.9. The molecule has 25 heavy (non-hydrogen) atoms. The molecule has 7 heteroatoms. The molecule has 0 bridgehead atoms. The molecule has 0 saturated carbocycles. The van der Waals surface area contributed by atoms with Crippen LogP contribution in [0.1, 0.15) is 18.1 Å². The van der Waals surface area contributed by atoms with Crippen LogP contribution in [0, 0.1) is 5.92 Å². The Morgan fingerprint density at radius 2 is 1.96 bits per heavy atom. The monoisotopic (exact) mass is 352 g/mol. The second kappa shape index (κ2) is 7.46. The number of carbonyl (C=O) groups is 1. The molecule has 4 nitrogen and oxygen atoms in total.